The lowest BCUT2D eigenvalue weighted by Crippen LogP contribution is -2.58. The number of halogens is 1. The Labute approximate surface area is 118 Å². The number of benzene rings is 1. The van der Waals surface area contributed by atoms with E-state index in [9.17, 15) is 9.18 Å². The van der Waals surface area contributed by atoms with Crippen LogP contribution in [0.5, 0.6) is 0 Å². The lowest BCUT2D eigenvalue weighted by Gasteiger charge is -2.38. The first kappa shape index (κ1) is 13.4. The van der Waals surface area contributed by atoms with E-state index in [4.69, 9.17) is 0 Å². The first-order valence-electron chi connectivity index (χ1n) is 7.23. The molecule has 0 bridgehead atoms. The third-order valence-corrected chi connectivity index (χ3v) is 4.01. The third-order valence-electron chi connectivity index (χ3n) is 4.01. The molecule has 1 aromatic carbocycles. The molecule has 5 heteroatoms. The Kier molecular flexibility index (Phi) is 3.61. The van der Waals surface area contributed by atoms with Crippen molar-refractivity contribution in [1.29, 1.82) is 0 Å². The predicted molar refractivity (Wildman–Crippen MR) is 76.0 cm³/mol. The van der Waals surface area contributed by atoms with E-state index in [1.165, 1.54) is 12.1 Å². The fraction of sp³-hybridized carbons (Fsp3) is 0.533. The van der Waals surface area contributed by atoms with E-state index in [1.807, 2.05) is 0 Å². The molecule has 2 aliphatic rings. The molecule has 1 amide bonds. The number of rotatable bonds is 4. The molecule has 0 aromatic heterocycles. The maximum absolute atomic E-state index is 13.3. The van der Waals surface area contributed by atoms with Gasteiger partial charge in [-0.1, -0.05) is 6.07 Å². The molecule has 3 N–H and O–H groups in total. The fourth-order valence-corrected chi connectivity index (χ4v) is 2.66. The Bertz CT molecular complexity index is 496. The summed E-state index contributed by atoms with van der Waals surface area (Å²) in [6.07, 6.45) is 3.56. The van der Waals surface area contributed by atoms with Gasteiger partial charge in [-0.3, -0.25) is 4.79 Å². The van der Waals surface area contributed by atoms with Crippen LogP contribution in [0.1, 0.15) is 25.7 Å². The minimum Gasteiger partial charge on any atom is -0.371 e. The van der Waals surface area contributed by atoms with E-state index in [0.717, 1.165) is 25.9 Å². The minimum absolute atomic E-state index is 0.0470. The standard InChI is InChI=1S/C15H20FN3O/c16-11-2-1-3-13(10-11)19-15(6-8-17-9-7-15)14(20)18-12-4-5-12/h1-3,10,12,17,19H,4-9H2,(H,18,20). The molecule has 1 aromatic rings. The molecule has 108 valence electrons. The Balaban J connectivity index is 1.79. The highest BCUT2D eigenvalue weighted by Crippen LogP contribution is 2.27. The second-order valence-corrected chi connectivity index (χ2v) is 5.72. The van der Waals surface area contributed by atoms with Gasteiger partial charge < -0.3 is 16.0 Å². The second kappa shape index (κ2) is 5.40. The van der Waals surface area contributed by atoms with Gasteiger partial charge in [0, 0.05) is 11.7 Å². The summed E-state index contributed by atoms with van der Waals surface area (Å²) in [6, 6.07) is 6.64. The van der Waals surface area contributed by atoms with E-state index in [1.54, 1.807) is 12.1 Å². The number of hydrogen-bond donors (Lipinski definition) is 3. The van der Waals surface area contributed by atoms with Crippen LogP contribution in [0.3, 0.4) is 0 Å². The SMILES string of the molecule is O=C(NC1CC1)C1(Nc2cccc(F)c2)CCNCC1. The van der Waals surface area contributed by atoms with Gasteiger partial charge in [0.25, 0.3) is 0 Å². The van der Waals surface area contributed by atoms with E-state index >= 15 is 0 Å². The number of amides is 1. The van der Waals surface area contributed by atoms with Gasteiger partial charge in [0.1, 0.15) is 11.4 Å². The van der Waals surface area contributed by atoms with Crippen molar-refractivity contribution in [1.82, 2.24) is 10.6 Å². The molecule has 1 saturated carbocycles. The normalized spacial score (nSPS) is 21.2. The molecular weight excluding hydrogens is 257 g/mol. The molecule has 20 heavy (non-hydrogen) atoms. The van der Waals surface area contributed by atoms with Gasteiger partial charge in [-0.15, -0.1) is 0 Å². The van der Waals surface area contributed by atoms with Gasteiger partial charge in [0.15, 0.2) is 0 Å². The highest BCUT2D eigenvalue weighted by molar-refractivity contribution is 5.90. The number of nitrogens with one attached hydrogen (secondary N) is 3. The van der Waals surface area contributed by atoms with Crippen molar-refractivity contribution < 1.29 is 9.18 Å². The number of piperidine rings is 1. The van der Waals surface area contributed by atoms with Crippen LogP contribution in [0.4, 0.5) is 10.1 Å². The zero-order valence-electron chi connectivity index (χ0n) is 11.4. The molecule has 0 unspecified atom stereocenters. The van der Waals surface area contributed by atoms with Gasteiger partial charge in [-0.25, -0.2) is 4.39 Å². The van der Waals surface area contributed by atoms with Gasteiger partial charge >= 0.3 is 0 Å². The van der Waals surface area contributed by atoms with Crippen molar-refractivity contribution >= 4 is 11.6 Å². The van der Waals surface area contributed by atoms with Crippen LogP contribution in [0.2, 0.25) is 0 Å². The van der Waals surface area contributed by atoms with Crippen molar-refractivity contribution in [2.24, 2.45) is 0 Å². The third kappa shape index (κ3) is 2.93. The quantitative estimate of drug-likeness (QED) is 0.784. The van der Waals surface area contributed by atoms with E-state index < -0.39 is 5.54 Å². The van der Waals surface area contributed by atoms with E-state index in [0.29, 0.717) is 24.6 Å². The number of anilines is 1. The van der Waals surface area contributed by atoms with Crippen LogP contribution in [-0.2, 0) is 4.79 Å². The molecule has 1 heterocycles. The number of carbonyl (C=O) groups is 1. The van der Waals surface area contributed by atoms with Crippen molar-refractivity contribution in [2.45, 2.75) is 37.3 Å². The molecule has 2 fully saturated rings. The van der Waals surface area contributed by atoms with Crippen molar-refractivity contribution in [3.63, 3.8) is 0 Å². The first-order valence-corrected chi connectivity index (χ1v) is 7.23. The van der Waals surface area contributed by atoms with Gasteiger partial charge in [0.2, 0.25) is 5.91 Å². The minimum atomic E-state index is -0.623. The van der Waals surface area contributed by atoms with Crippen LogP contribution in [-0.4, -0.2) is 30.6 Å². The topological polar surface area (TPSA) is 53.2 Å². The molecule has 4 nitrogen and oxygen atoms in total. The summed E-state index contributed by atoms with van der Waals surface area (Å²) < 4.78 is 13.3. The lowest BCUT2D eigenvalue weighted by atomic mass is 9.86. The Morgan fingerprint density at radius 1 is 1.30 bits per heavy atom. The summed E-state index contributed by atoms with van der Waals surface area (Å²) >= 11 is 0. The first-order chi connectivity index (χ1) is 9.68. The molecule has 0 radical (unpaired) electrons. The van der Waals surface area contributed by atoms with Crippen LogP contribution >= 0.6 is 0 Å². The number of hydrogen-bond acceptors (Lipinski definition) is 3. The highest BCUT2D eigenvalue weighted by atomic mass is 19.1. The highest BCUT2D eigenvalue weighted by Gasteiger charge is 2.41. The Morgan fingerprint density at radius 2 is 2.05 bits per heavy atom. The maximum Gasteiger partial charge on any atom is 0.245 e. The summed E-state index contributed by atoms with van der Waals surface area (Å²) in [5, 5.41) is 9.62. The monoisotopic (exact) mass is 277 g/mol. The molecule has 0 spiro atoms. The van der Waals surface area contributed by atoms with Gasteiger partial charge in [0.05, 0.1) is 0 Å². The molecule has 1 aliphatic carbocycles. The Morgan fingerprint density at radius 3 is 2.70 bits per heavy atom. The zero-order chi connectivity index (χ0) is 14.0. The second-order valence-electron chi connectivity index (χ2n) is 5.72. The van der Waals surface area contributed by atoms with Crippen LogP contribution in [0, 0.1) is 5.82 Å². The smallest absolute Gasteiger partial charge is 0.245 e. The molecule has 1 aliphatic heterocycles. The van der Waals surface area contributed by atoms with E-state index in [2.05, 4.69) is 16.0 Å². The summed E-state index contributed by atoms with van der Waals surface area (Å²) in [6.45, 7) is 1.58. The zero-order valence-corrected chi connectivity index (χ0v) is 11.4. The van der Waals surface area contributed by atoms with E-state index in [-0.39, 0.29) is 11.7 Å². The van der Waals surface area contributed by atoms with Crippen LogP contribution in [0.25, 0.3) is 0 Å². The van der Waals surface area contributed by atoms with Gasteiger partial charge in [-0.2, -0.15) is 0 Å². The van der Waals surface area contributed by atoms with Crippen LogP contribution in [0.15, 0.2) is 24.3 Å². The average molecular weight is 277 g/mol. The van der Waals surface area contributed by atoms with Crippen LogP contribution < -0.4 is 16.0 Å². The summed E-state index contributed by atoms with van der Waals surface area (Å²) in [5.41, 5.74) is 0.0413. The Hall–Kier alpha value is -1.62. The van der Waals surface area contributed by atoms with Gasteiger partial charge in [-0.05, 0) is 57.0 Å². The molecular formula is C15H20FN3O. The molecule has 3 rings (SSSR count). The van der Waals surface area contributed by atoms with Crippen molar-refractivity contribution in [3.05, 3.63) is 30.1 Å². The largest absolute Gasteiger partial charge is 0.371 e. The molecule has 1 saturated heterocycles. The van der Waals surface area contributed by atoms with Crippen molar-refractivity contribution in [2.75, 3.05) is 18.4 Å². The van der Waals surface area contributed by atoms with Crippen molar-refractivity contribution in [3.8, 4) is 0 Å². The number of carbonyl (C=O) groups excluding carboxylic acids is 1. The predicted octanol–water partition coefficient (Wildman–Crippen LogP) is 1.64. The fourth-order valence-electron chi connectivity index (χ4n) is 2.66. The summed E-state index contributed by atoms with van der Waals surface area (Å²) in [7, 11) is 0. The molecule has 0 atom stereocenters. The average Bonchev–Trinajstić information content (AvgIpc) is 3.24. The maximum atomic E-state index is 13.3. The summed E-state index contributed by atoms with van der Waals surface area (Å²) in [5.74, 6) is -0.243. The lowest BCUT2D eigenvalue weighted by molar-refractivity contribution is -0.126. The summed E-state index contributed by atoms with van der Waals surface area (Å²) in [4.78, 5) is 12.6.